The van der Waals surface area contributed by atoms with E-state index in [0.717, 1.165) is 16.6 Å². The number of amides is 1. The van der Waals surface area contributed by atoms with Crippen molar-refractivity contribution in [2.45, 2.75) is 32.2 Å². The lowest BCUT2D eigenvalue weighted by molar-refractivity contribution is 0.0949. The Hall–Kier alpha value is -2.63. The van der Waals surface area contributed by atoms with E-state index in [1.54, 1.807) is 24.4 Å². The van der Waals surface area contributed by atoms with Crippen LogP contribution in [0.3, 0.4) is 0 Å². The van der Waals surface area contributed by atoms with Crippen LogP contribution in [-0.4, -0.2) is 22.2 Å². The van der Waals surface area contributed by atoms with Gasteiger partial charge in [-0.1, -0.05) is 49.7 Å². The van der Waals surface area contributed by atoms with Crippen LogP contribution >= 0.6 is 11.6 Å². The maximum atomic E-state index is 13.1. The molecule has 0 bridgehead atoms. The molecule has 1 aromatic heterocycles. The van der Waals surface area contributed by atoms with Gasteiger partial charge < -0.3 is 15.0 Å². The van der Waals surface area contributed by atoms with Crippen LogP contribution in [-0.2, 0) is 19.0 Å². The van der Waals surface area contributed by atoms with Gasteiger partial charge in [0.25, 0.3) is 5.91 Å². The molecule has 2 N–H and O–H groups in total. The van der Waals surface area contributed by atoms with E-state index in [-0.39, 0.29) is 23.0 Å². The Balaban J connectivity index is 1.98. The van der Waals surface area contributed by atoms with Crippen molar-refractivity contribution in [1.82, 2.24) is 9.88 Å². The summed E-state index contributed by atoms with van der Waals surface area (Å²) in [5.41, 5.74) is 2.14. The quantitative estimate of drug-likeness (QED) is 0.647. The monoisotopic (exact) mass is 412 g/mol. The van der Waals surface area contributed by atoms with Crippen molar-refractivity contribution in [1.29, 1.82) is 0 Å². The van der Waals surface area contributed by atoms with Gasteiger partial charge in [-0.3, -0.25) is 9.59 Å². The molecule has 0 spiro atoms. The Labute approximate surface area is 174 Å². The molecule has 2 aromatic carbocycles. The van der Waals surface area contributed by atoms with Crippen LogP contribution in [0.15, 0.2) is 53.5 Å². The molecule has 1 heterocycles. The summed E-state index contributed by atoms with van der Waals surface area (Å²) < 4.78 is 1.82. The fourth-order valence-electron chi connectivity index (χ4n) is 3.57. The Morgan fingerprint density at radius 1 is 1.17 bits per heavy atom. The Kier molecular flexibility index (Phi) is 6.10. The van der Waals surface area contributed by atoms with Crippen molar-refractivity contribution in [2.24, 2.45) is 7.05 Å². The molecule has 3 rings (SSSR count). The van der Waals surface area contributed by atoms with Gasteiger partial charge in [0.15, 0.2) is 0 Å². The number of aromatic nitrogens is 1. The van der Waals surface area contributed by atoms with Crippen LogP contribution in [0.25, 0.3) is 10.9 Å². The van der Waals surface area contributed by atoms with E-state index in [9.17, 15) is 14.7 Å². The molecule has 0 unspecified atom stereocenters. The number of aryl methyl sites for hydroxylation is 1. The number of rotatable bonds is 6. The van der Waals surface area contributed by atoms with E-state index in [1.807, 2.05) is 49.7 Å². The van der Waals surface area contributed by atoms with Crippen LogP contribution in [0.1, 0.15) is 41.8 Å². The van der Waals surface area contributed by atoms with Crippen molar-refractivity contribution in [2.75, 3.05) is 6.61 Å². The standard InChI is InChI=1S/C23H25ClN2O3/c1-23(2,11-12-27)19-6-4-5-17-20(19)26(3)14-18(21(17)28)22(29)25-13-15-7-9-16(24)10-8-15/h4-10,14,27H,11-13H2,1-3H3,(H,25,29). The number of pyridine rings is 1. The fourth-order valence-corrected chi connectivity index (χ4v) is 3.70. The molecule has 152 valence electrons. The van der Waals surface area contributed by atoms with E-state index < -0.39 is 5.91 Å². The summed E-state index contributed by atoms with van der Waals surface area (Å²) in [6, 6.07) is 12.7. The van der Waals surface area contributed by atoms with Crippen LogP contribution < -0.4 is 10.7 Å². The van der Waals surface area contributed by atoms with Gasteiger partial charge in [0.1, 0.15) is 5.56 Å². The fraction of sp³-hybridized carbons (Fsp3) is 0.304. The molecule has 0 aliphatic heterocycles. The van der Waals surface area contributed by atoms with Gasteiger partial charge in [0.05, 0.1) is 5.52 Å². The topological polar surface area (TPSA) is 71.3 Å². The number of aliphatic hydroxyl groups is 1. The first-order chi connectivity index (χ1) is 13.7. The van der Waals surface area contributed by atoms with Gasteiger partial charge in [-0.15, -0.1) is 0 Å². The lowest BCUT2D eigenvalue weighted by atomic mass is 9.80. The SMILES string of the molecule is Cn1cc(C(=O)NCc2ccc(Cl)cc2)c(=O)c2cccc(C(C)(C)CCO)c21. The van der Waals surface area contributed by atoms with Crippen molar-refractivity contribution >= 4 is 28.4 Å². The summed E-state index contributed by atoms with van der Waals surface area (Å²) in [6.07, 6.45) is 2.16. The van der Waals surface area contributed by atoms with E-state index in [2.05, 4.69) is 5.32 Å². The first kappa shape index (κ1) is 21.1. The number of nitrogens with zero attached hydrogens (tertiary/aromatic N) is 1. The summed E-state index contributed by atoms with van der Waals surface area (Å²) in [5, 5.41) is 13.3. The molecular formula is C23H25ClN2O3. The molecule has 0 aliphatic rings. The molecule has 0 aliphatic carbocycles. The molecule has 1 amide bonds. The zero-order valence-corrected chi connectivity index (χ0v) is 17.6. The van der Waals surface area contributed by atoms with Crippen LogP contribution in [0, 0.1) is 0 Å². The van der Waals surface area contributed by atoms with Crippen molar-refractivity contribution in [3.8, 4) is 0 Å². The first-order valence-corrected chi connectivity index (χ1v) is 9.89. The number of fused-ring (bicyclic) bond motifs is 1. The third kappa shape index (κ3) is 4.36. The number of carbonyl (C=O) groups excluding carboxylic acids is 1. The molecule has 6 heteroatoms. The second-order valence-electron chi connectivity index (χ2n) is 7.85. The number of nitrogens with one attached hydrogen (secondary N) is 1. The number of hydrogen-bond acceptors (Lipinski definition) is 3. The van der Waals surface area contributed by atoms with Crippen molar-refractivity contribution in [3.63, 3.8) is 0 Å². The van der Waals surface area contributed by atoms with Crippen molar-refractivity contribution < 1.29 is 9.90 Å². The highest BCUT2D eigenvalue weighted by Crippen LogP contribution is 2.31. The van der Waals surface area contributed by atoms with Gasteiger partial charge in [-0.05, 0) is 41.2 Å². The summed E-state index contributed by atoms with van der Waals surface area (Å²) in [4.78, 5) is 25.8. The average Bonchev–Trinajstić information content (AvgIpc) is 2.69. The summed E-state index contributed by atoms with van der Waals surface area (Å²) in [5.74, 6) is -0.414. The first-order valence-electron chi connectivity index (χ1n) is 9.51. The van der Waals surface area contributed by atoms with E-state index in [0.29, 0.717) is 23.4 Å². The van der Waals surface area contributed by atoms with Gasteiger partial charge >= 0.3 is 0 Å². The third-order valence-corrected chi connectivity index (χ3v) is 5.53. The minimum atomic E-state index is -0.414. The number of carbonyl (C=O) groups is 1. The number of aliphatic hydroxyl groups excluding tert-OH is 1. The number of hydrogen-bond donors (Lipinski definition) is 2. The van der Waals surface area contributed by atoms with Gasteiger partial charge in [-0.2, -0.15) is 0 Å². The zero-order chi connectivity index (χ0) is 21.2. The Morgan fingerprint density at radius 2 is 1.86 bits per heavy atom. The summed E-state index contributed by atoms with van der Waals surface area (Å²) in [6.45, 7) is 4.44. The number of halogens is 1. The lowest BCUT2D eigenvalue weighted by Crippen LogP contribution is -2.30. The highest BCUT2D eigenvalue weighted by molar-refractivity contribution is 6.30. The number of para-hydroxylation sites is 1. The Morgan fingerprint density at radius 3 is 2.52 bits per heavy atom. The van der Waals surface area contributed by atoms with Gasteiger partial charge in [0.2, 0.25) is 5.43 Å². The normalized spacial score (nSPS) is 11.6. The average molecular weight is 413 g/mol. The summed E-state index contributed by atoms with van der Waals surface area (Å²) in [7, 11) is 1.83. The van der Waals surface area contributed by atoms with Crippen LogP contribution in [0.4, 0.5) is 0 Å². The second kappa shape index (κ2) is 8.39. The van der Waals surface area contributed by atoms with E-state index in [4.69, 9.17) is 11.6 Å². The predicted octanol–water partition coefficient (Wildman–Crippen LogP) is 3.78. The molecule has 0 saturated heterocycles. The lowest BCUT2D eigenvalue weighted by Gasteiger charge is -2.27. The molecule has 5 nitrogen and oxygen atoms in total. The molecule has 0 fully saturated rings. The summed E-state index contributed by atoms with van der Waals surface area (Å²) >= 11 is 5.88. The molecule has 29 heavy (non-hydrogen) atoms. The number of benzene rings is 2. The zero-order valence-electron chi connectivity index (χ0n) is 16.8. The van der Waals surface area contributed by atoms with Gasteiger partial charge in [-0.25, -0.2) is 0 Å². The highest BCUT2D eigenvalue weighted by atomic mass is 35.5. The maximum Gasteiger partial charge on any atom is 0.257 e. The smallest absolute Gasteiger partial charge is 0.257 e. The second-order valence-corrected chi connectivity index (χ2v) is 8.29. The molecule has 0 atom stereocenters. The third-order valence-electron chi connectivity index (χ3n) is 5.28. The Bertz CT molecular complexity index is 1100. The minimum absolute atomic E-state index is 0.0581. The van der Waals surface area contributed by atoms with Gasteiger partial charge in [0, 0.05) is 36.8 Å². The van der Waals surface area contributed by atoms with Crippen molar-refractivity contribution in [3.05, 3.63) is 80.6 Å². The maximum absolute atomic E-state index is 13.1. The van der Waals surface area contributed by atoms with Crippen LogP contribution in [0.5, 0.6) is 0 Å². The minimum Gasteiger partial charge on any atom is -0.396 e. The molecule has 0 radical (unpaired) electrons. The van der Waals surface area contributed by atoms with Crippen LogP contribution in [0.2, 0.25) is 5.02 Å². The highest BCUT2D eigenvalue weighted by Gasteiger charge is 2.25. The molecular weight excluding hydrogens is 388 g/mol. The largest absolute Gasteiger partial charge is 0.396 e. The predicted molar refractivity (Wildman–Crippen MR) is 117 cm³/mol. The van der Waals surface area contributed by atoms with E-state index in [1.165, 1.54) is 0 Å². The molecule has 0 saturated carbocycles. The van der Waals surface area contributed by atoms with E-state index >= 15 is 0 Å². The molecule has 3 aromatic rings.